The van der Waals surface area contributed by atoms with Crippen LogP contribution >= 0.6 is 0 Å². The van der Waals surface area contributed by atoms with Gasteiger partial charge in [0.05, 0.1) is 6.04 Å². The first kappa shape index (κ1) is 18.8. The molecule has 3 heterocycles. The van der Waals surface area contributed by atoms with Gasteiger partial charge in [-0.15, -0.1) is 4.28 Å². The minimum absolute atomic E-state index is 0.0919. The van der Waals surface area contributed by atoms with Crippen LogP contribution in [0, 0.1) is 5.92 Å². The molecular formula is C13H21N5O7S. The van der Waals surface area contributed by atoms with Gasteiger partial charge in [0.25, 0.3) is 5.91 Å². The van der Waals surface area contributed by atoms with Crippen molar-refractivity contribution in [3.05, 3.63) is 0 Å². The van der Waals surface area contributed by atoms with E-state index in [2.05, 4.69) is 20.5 Å². The lowest BCUT2D eigenvalue weighted by molar-refractivity contribution is -0.134. The number of nitrogens with one attached hydrogen (secondary N) is 3. The van der Waals surface area contributed by atoms with Crippen molar-refractivity contribution < 1.29 is 31.6 Å². The van der Waals surface area contributed by atoms with Crippen LogP contribution in [-0.2, 0) is 24.3 Å². The molecule has 0 radical (unpaired) electrons. The van der Waals surface area contributed by atoms with Gasteiger partial charge < -0.3 is 10.2 Å². The van der Waals surface area contributed by atoms with Crippen molar-refractivity contribution in [3.8, 4) is 0 Å². The molecular weight excluding hydrogens is 370 g/mol. The molecule has 2 atom stereocenters. The largest absolute Gasteiger partial charge is 0.418 e. The number of rotatable bonds is 4. The Morgan fingerprint density at radius 3 is 2.42 bits per heavy atom. The molecule has 3 aliphatic rings. The molecule has 146 valence electrons. The number of amides is 4. The Morgan fingerprint density at radius 2 is 1.77 bits per heavy atom. The van der Waals surface area contributed by atoms with Crippen molar-refractivity contribution in [2.75, 3.05) is 19.6 Å². The molecule has 12 nitrogen and oxygen atoms in total. The van der Waals surface area contributed by atoms with Crippen LogP contribution in [-0.4, -0.2) is 72.5 Å². The lowest BCUT2D eigenvalue weighted by atomic mass is 9.97. The predicted molar refractivity (Wildman–Crippen MR) is 85.3 cm³/mol. The highest BCUT2D eigenvalue weighted by molar-refractivity contribution is 7.80. The number of hydrazine groups is 1. The number of urea groups is 1. The van der Waals surface area contributed by atoms with Crippen LogP contribution in [0.1, 0.15) is 25.7 Å². The first-order valence-electron chi connectivity index (χ1n) is 8.33. The van der Waals surface area contributed by atoms with Crippen LogP contribution in [0.15, 0.2) is 0 Å². The van der Waals surface area contributed by atoms with E-state index in [1.54, 1.807) is 0 Å². The third-order valence-corrected chi connectivity index (χ3v) is 5.17. The lowest BCUT2D eigenvalue weighted by Gasteiger charge is -2.29. The highest BCUT2D eigenvalue weighted by Crippen LogP contribution is 2.30. The van der Waals surface area contributed by atoms with Crippen molar-refractivity contribution in [2.45, 2.75) is 37.8 Å². The van der Waals surface area contributed by atoms with Gasteiger partial charge in [-0.1, -0.05) is 0 Å². The van der Waals surface area contributed by atoms with E-state index in [1.807, 2.05) is 0 Å². The number of carbonyl (C=O) groups is 3. The monoisotopic (exact) mass is 391 g/mol. The van der Waals surface area contributed by atoms with Gasteiger partial charge in [0, 0.05) is 12.5 Å². The summed E-state index contributed by atoms with van der Waals surface area (Å²) < 4.78 is 34.8. The molecule has 3 fully saturated rings. The number of fused-ring (bicyclic) bond motifs is 2. The highest BCUT2D eigenvalue weighted by Gasteiger charge is 2.49. The number of hydrogen-bond acceptors (Lipinski definition) is 7. The van der Waals surface area contributed by atoms with Gasteiger partial charge in [-0.2, -0.15) is 13.5 Å². The fourth-order valence-electron chi connectivity index (χ4n) is 3.50. The maximum atomic E-state index is 12.4. The average Bonchev–Trinajstić information content (AvgIpc) is 2.84. The van der Waals surface area contributed by atoms with Crippen molar-refractivity contribution in [1.29, 1.82) is 0 Å². The zero-order valence-corrected chi connectivity index (χ0v) is 14.7. The second-order valence-electron chi connectivity index (χ2n) is 6.51. The summed E-state index contributed by atoms with van der Waals surface area (Å²) in [5, 5.41) is 3.71. The van der Waals surface area contributed by atoms with Gasteiger partial charge in [-0.25, -0.2) is 4.79 Å². The van der Waals surface area contributed by atoms with E-state index in [9.17, 15) is 22.8 Å². The summed E-state index contributed by atoms with van der Waals surface area (Å²) in [5.41, 5.74) is 4.72. The molecule has 4 amide bonds. The molecule has 2 bridgehead atoms. The van der Waals surface area contributed by atoms with Crippen LogP contribution < -0.4 is 16.2 Å². The molecule has 3 rings (SSSR count). The van der Waals surface area contributed by atoms with Crippen molar-refractivity contribution in [3.63, 3.8) is 0 Å². The Labute approximate surface area is 150 Å². The van der Waals surface area contributed by atoms with E-state index in [-0.39, 0.29) is 24.8 Å². The molecule has 0 saturated carbocycles. The summed E-state index contributed by atoms with van der Waals surface area (Å²) in [4.78, 5) is 37.8. The smallest absolute Gasteiger partial charge is 0.317 e. The van der Waals surface area contributed by atoms with E-state index in [1.165, 1.54) is 0 Å². The fraction of sp³-hybridized carbons (Fsp3) is 0.769. The number of hydrogen-bond donors (Lipinski definition) is 4. The van der Waals surface area contributed by atoms with Crippen LogP contribution in [0.25, 0.3) is 0 Å². The van der Waals surface area contributed by atoms with E-state index in [0.717, 1.165) is 18.0 Å². The standard InChI is InChI=1S/C13H21N5O7S/c19-11(8-3-5-14-6-4-8)15-16-12(20)10-2-1-9-7-17(10)13(21)18(9)25-26(22,23)24/h8-10,14H,1-7H2,(H,15,19)(H,16,20)(H,22,23,24)/t9-,10?/m1/s1. The number of piperidine rings is 2. The van der Waals surface area contributed by atoms with E-state index in [0.29, 0.717) is 24.3 Å². The summed E-state index contributed by atoms with van der Waals surface area (Å²) in [6, 6.07) is -2.25. The maximum Gasteiger partial charge on any atom is 0.418 e. The Hall–Kier alpha value is -1.96. The summed E-state index contributed by atoms with van der Waals surface area (Å²) in [6.07, 6.45) is 1.95. The van der Waals surface area contributed by atoms with Crippen LogP contribution in [0.2, 0.25) is 0 Å². The Kier molecular flexibility index (Phi) is 5.32. The van der Waals surface area contributed by atoms with Gasteiger partial charge in [-0.05, 0) is 38.8 Å². The molecule has 13 heteroatoms. The molecule has 0 aliphatic carbocycles. The number of nitrogens with zero attached hydrogens (tertiary/aromatic N) is 2. The molecule has 1 unspecified atom stereocenters. The summed E-state index contributed by atoms with van der Waals surface area (Å²) in [5.74, 6) is -1.02. The average molecular weight is 391 g/mol. The van der Waals surface area contributed by atoms with E-state index in [4.69, 9.17) is 4.55 Å². The minimum atomic E-state index is -4.84. The Balaban J connectivity index is 1.56. The quantitative estimate of drug-likeness (QED) is 0.321. The first-order chi connectivity index (χ1) is 12.3. The van der Waals surface area contributed by atoms with Crippen molar-refractivity contribution >= 4 is 28.2 Å². The molecule has 4 N–H and O–H groups in total. The second-order valence-corrected chi connectivity index (χ2v) is 7.52. The van der Waals surface area contributed by atoms with Crippen molar-refractivity contribution in [1.82, 2.24) is 26.1 Å². The topological polar surface area (TPSA) is 157 Å². The van der Waals surface area contributed by atoms with E-state index < -0.39 is 34.4 Å². The van der Waals surface area contributed by atoms with Gasteiger partial charge in [0.15, 0.2) is 0 Å². The SMILES string of the molecule is O=C(NNC(=O)C1CC[C@@H]2CN1C(=O)N2OS(=O)(=O)O)C1CCNCC1. The molecule has 3 saturated heterocycles. The molecule has 26 heavy (non-hydrogen) atoms. The third-order valence-electron chi connectivity index (χ3n) is 4.82. The predicted octanol–water partition coefficient (Wildman–Crippen LogP) is -1.86. The van der Waals surface area contributed by atoms with Crippen LogP contribution in [0.4, 0.5) is 4.79 Å². The molecule has 0 spiro atoms. The molecule has 3 aliphatic heterocycles. The summed E-state index contributed by atoms with van der Waals surface area (Å²) in [6.45, 7) is 1.57. The molecule has 0 aromatic heterocycles. The highest BCUT2D eigenvalue weighted by atomic mass is 32.3. The number of hydroxylamine groups is 2. The number of carbonyl (C=O) groups excluding carboxylic acids is 3. The normalized spacial score (nSPS) is 26.7. The van der Waals surface area contributed by atoms with E-state index >= 15 is 0 Å². The Morgan fingerprint density at radius 1 is 1.12 bits per heavy atom. The Bertz CT molecular complexity index is 693. The third kappa shape index (κ3) is 4.06. The van der Waals surface area contributed by atoms with Crippen LogP contribution in [0.3, 0.4) is 0 Å². The lowest BCUT2D eigenvalue weighted by Crippen LogP contribution is -2.55. The fourth-order valence-corrected chi connectivity index (χ4v) is 3.89. The zero-order valence-electron chi connectivity index (χ0n) is 13.9. The van der Waals surface area contributed by atoms with Gasteiger partial charge >= 0.3 is 16.4 Å². The minimum Gasteiger partial charge on any atom is -0.317 e. The molecule has 0 aromatic carbocycles. The second kappa shape index (κ2) is 7.34. The van der Waals surface area contributed by atoms with Crippen molar-refractivity contribution in [2.24, 2.45) is 5.92 Å². The maximum absolute atomic E-state index is 12.4. The first-order valence-corrected chi connectivity index (χ1v) is 9.70. The zero-order chi connectivity index (χ0) is 18.9. The van der Waals surface area contributed by atoms with Gasteiger partial charge in [0.2, 0.25) is 5.91 Å². The summed E-state index contributed by atoms with van der Waals surface area (Å²) >= 11 is 0. The van der Waals surface area contributed by atoms with Gasteiger partial charge in [-0.3, -0.25) is 25.0 Å². The summed E-state index contributed by atoms with van der Waals surface area (Å²) in [7, 11) is -4.84. The molecule has 0 aromatic rings. The van der Waals surface area contributed by atoms with Gasteiger partial charge in [0.1, 0.15) is 6.04 Å². The van der Waals surface area contributed by atoms with Crippen LogP contribution in [0.5, 0.6) is 0 Å².